The van der Waals surface area contributed by atoms with Crippen molar-refractivity contribution in [3.05, 3.63) is 22.4 Å². The summed E-state index contributed by atoms with van der Waals surface area (Å²) in [4.78, 5) is 1.26. The van der Waals surface area contributed by atoms with Crippen molar-refractivity contribution in [3.8, 4) is 0 Å². The number of rotatable bonds is 4. The van der Waals surface area contributed by atoms with Crippen LogP contribution in [0, 0.1) is 0 Å². The van der Waals surface area contributed by atoms with Crippen LogP contribution in [0.5, 0.6) is 0 Å². The molecule has 0 amide bonds. The van der Waals surface area contributed by atoms with Gasteiger partial charge >= 0.3 is 0 Å². The van der Waals surface area contributed by atoms with E-state index in [0.29, 0.717) is 0 Å². The highest BCUT2D eigenvalue weighted by molar-refractivity contribution is 7.10. The van der Waals surface area contributed by atoms with Gasteiger partial charge in [-0.15, -0.1) is 11.3 Å². The van der Waals surface area contributed by atoms with Crippen LogP contribution in [0.2, 0.25) is 0 Å². The van der Waals surface area contributed by atoms with Crippen molar-refractivity contribution >= 4 is 11.3 Å². The van der Waals surface area contributed by atoms with Crippen LogP contribution >= 0.6 is 11.3 Å². The molecule has 2 rings (SSSR count). The minimum Gasteiger partial charge on any atom is -0.373 e. The molecule has 0 aliphatic heterocycles. The van der Waals surface area contributed by atoms with Gasteiger partial charge in [0, 0.05) is 11.5 Å². The Morgan fingerprint density at radius 2 is 2.06 bits per heavy atom. The van der Waals surface area contributed by atoms with Gasteiger partial charge in [0.25, 0.3) is 0 Å². The Morgan fingerprint density at radius 3 is 2.59 bits per heavy atom. The topological polar surface area (TPSA) is 35.2 Å². The Kier molecular flexibility index (Phi) is 4.60. The first-order valence-corrected chi connectivity index (χ1v) is 7.59. The second-order valence-corrected chi connectivity index (χ2v) is 5.88. The molecule has 1 aliphatic carbocycles. The monoisotopic (exact) mass is 253 g/mol. The van der Waals surface area contributed by atoms with Crippen molar-refractivity contribution in [1.29, 1.82) is 0 Å². The average molecular weight is 253 g/mol. The Bertz CT molecular complexity index is 315. The van der Waals surface area contributed by atoms with Gasteiger partial charge < -0.3 is 10.5 Å². The maximum absolute atomic E-state index is 6.49. The van der Waals surface area contributed by atoms with Gasteiger partial charge in [-0.1, -0.05) is 31.7 Å². The lowest BCUT2D eigenvalue weighted by Crippen LogP contribution is -2.43. The van der Waals surface area contributed by atoms with Gasteiger partial charge in [0.1, 0.15) is 0 Å². The molecule has 0 saturated heterocycles. The lowest BCUT2D eigenvalue weighted by atomic mass is 9.85. The van der Waals surface area contributed by atoms with Gasteiger partial charge in [-0.2, -0.15) is 0 Å². The molecule has 1 saturated carbocycles. The van der Waals surface area contributed by atoms with Crippen molar-refractivity contribution < 1.29 is 4.74 Å². The largest absolute Gasteiger partial charge is 0.373 e. The molecule has 0 aromatic carbocycles. The number of hydrogen-bond acceptors (Lipinski definition) is 3. The third kappa shape index (κ3) is 2.90. The van der Waals surface area contributed by atoms with Crippen LogP contribution in [-0.2, 0) is 4.74 Å². The SMILES string of the molecule is CCOC1(C(N)c2cccs2)CCCCCC1. The quantitative estimate of drug-likeness (QED) is 0.827. The van der Waals surface area contributed by atoms with Crippen molar-refractivity contribution in [2.24, 2.45) is 5.73 Å². The summed E-state index contributed by atoms with van der Waals surface area (Å²) in [6.07, 6.45) is 7.37. The Labute approximate surface area is 108 Å². The minimum absolute atomic E-state index is 0.0422. The first-order valence-electron chi connectivity index (χ1n) is 6.71. The summed E-state index contributed by atoms with van der Waals surface area (Å²) in [6, 6.07) is 4.26. The Morgan fingerprint density at radius 1 is 1.35 bits per heavy atom. The highest BCUT2D eigenvalue weighted by Gasteiger charge is 2.38. The molecule has 1 fully saturated rings. The molecule has 0 bridgehead atoms. The first-order chi connectivity index (χ1) is 8.28. The van der Waals surface area contributed by atoms with E-state index < -0.39 is 0 Å². The van der Waals surface area contributed by atoms with Gasteiger partial charge in [-0.25, -0.2) is 0 Å². The summed E-state index contributed by atoms with van der Waals surface area (Å²) in [5, 5.41) is 2.10. The predicted molar refractivity (Wildman–Crippen MR) is 73.3 cm³/mol. The van der Waals surface area contributed by atoms with Crippen LogP contribution in [0.1, 0.15) is 56.4 Å². The number of thiophene rings is 1. The van der Waals surface area contributed by atoms with E-state index in [9.17, 15) is 0 Å². The second kappa shape index (κ2) is 5.98. The molecule has 2 N–H and O–H groups in total. The molecule has 0 radical (unpaired) electrons. The van der Waals surface area contributed by atoms with Crippen LogP contribution in [0.3, 0.4) is 0 Å². The van der Waals surface area contributed by atoms with Crippen LogP contribution < -0.4 is 5.73 Å². The lowest BCUT2D eigenvalue weighted by Gasteiger charge is -2.37. The summed E-state index contributed by atoms with van der Waals surface area (Å²) in [7, 11) is 0. The molecule has 1 aromatic rings. The molecule has 1 heterocycles. The van der Waals surface area contributed by atoms with E-state index in [1.807, 2.05) is 0 Å². The van der Waals surface area contributed by atoms with E-state index in [-0.39, 0.29) is 11.6 Å². The van der Waals surface area contributed by atoms with Crippen LogP contribution in [0.25, 0.3) is 0 Å². The third-order valence-electron chi connectivity index (χ3n) is 3.80. The standard InChI is InChI=1S/C14H23NOS/c1-2-16-14(9-5-3-4-6-10-14)13(15)12-8-7-11-17-12/h7-8,11,13H,2-6,9-10,15H2,1H3. The molecular weight excluding hydrogens is 230 g/mol. The van der Waals surface area contributed by atoms with Crippen molar-refractivity contribution in [1.82, 2.24) is 0 Å². The molecule has 1 atom stereocenters. The van der Waals surface area contributed by atoms with E-state index in [2.05, 4.69) is 24.4 Å². The third-order valence-corrected chi connectivity index (χ3v) is 4.75. The second-order valence-electron chi connectivity index (χ2n) is 4.91. The summed E-state index contributed by atoms with van der Waals surface area (Å²) in [5.74, 6) is 0. The first kappa shape index (κ1) is 13.1. The molecule has 17 heavy (non-hydrogen) atoms. The van der Waals surface area contributed by atoms with E-state index in [0.717, 1.165) is 19.4 Å². The highest BCUT2D eigenvalue weighted by atomic mass is 32.1. The predicted octanol–water partition coefficient (Wildman–Crippen LogP) is 3.88. The summed E-state index contributed by atoms with van der Waals surface area (Å²) in [5.41, 5.74) is 6.38. The number of hydrogen-bond donors (Lipinski definition) is 1. The Hall–Kier alpha value is -0.380. The molecule has 3 heteroatoms. The van der Waals surface area contributed by atoms with Crippen LogP contribution in [-0.4, -0.2) is 12.2 Å². The van der Waals surface area contributed by atoms with Crippen molar-refractivity contribution in [2.75, 3.05) is 6.61 Å². The van der Waals surface area contributed by atoms with Crippen LogP contribution in [0.4, 0.5) is 0 Å². The van der Waals surface area contributed by atoms with Gasteiger partial charge in [0.2, 0.25) is 0 Å². The Balaban J connectivity index is 2.19. The molecular formula is C14H23NOS. The fraction of sp³-hybridized carbons (Fsp3) is 0.714. The van der Waals surface area contributed by atoms with Gasteiger partial charge in [-0.05, 0) is 31.2 Å². The normalized spacial score (nSPS) is 22.0. The molecule has 1 aromatic heterocycles. The average Bonchev–Trinajstić information content (AvgIpc) is 2.76. The maximum Gasteiger partial charge on any atom is 0.0882 e. The molecule has 1 unspecified atom stereocenters. The fourth-order valence-electron chi connectivity index (χ4n) is 2.89. The molecule has 1 aliphatic rings. The van der Waals surface area contributed by atoms with Gasteiger partial charge in [0.05, 0.1) is 11.6 Å². The highest BCUT2D eigenvalue weighted by Crippen LogP contribution is 2.40. The molecule has 0 spiro atoms. The van der Waals surface area contributed by atoms with E-state index in [4.69, 9.17) is 10.5 Å². The minimum atomic E-state index is -0.115. The summed E-state index contributed by atoms with van der Waals surface area (Å²) < 4.78 is 6.12. The van der Waals surface area contributed by atoms with Gasteiger partial charge in [-0.3, -0.25) is 0 Å². The molecule has 2 nitrogen and oxygen atoms in total. The van der Waals surface area contributed by atoms with E-state index in [1.165, 1.54) is 30.6 Å². The van der Waals surface area contributed by atoms with Crippen LogP contribution in [0.15, 0.2) is 17.5 Å². The fourth-order valence-corrected chi connectivity index (χ4v) is 3.72. The lowest BCUT2D eigenvalue weighted by molar-refractivity contribution is -0.0688. The van der Waals surface area contributed by atoms with Crippen molar-refractivity contribution in [2.45, 2.75) is 57.1 Å². The zero-order chi connectivity index (χ0) is 12.1. The smallest absolute Gasteiger partial charge is 0.0882 e. The van der Waals surface area contributed by atoms with E-state index in [1.54, 1.807) is 11.3 Å². The number of nitrogens with two attached hydrogens (primary N) is 1. The zero-order valence-corrected chi connectivity index (χ0v) is 11.5. The van der Waals surface area contributed by atoms with E-state index >= 15 is 0 Å². The van der Waals surface area contributed by atoms with Crippen molar-refractivity contribution in [3.63, 3.8) is 0 Å². The molecule has 96 valence electrons. The maximum atomic E-state index is 6.49. The van der Waals surface area contributed by atoms with Gasteiger partial charge in [0.15, 0.2) is 0 Å². The zero-order valence-electron chi connectivity index (χ0n) is 10.7. The number of ether oxygens (including phenoxy) is 1. The summed E-state index contributed by atoms with van der Waals surface area (Å²) in [6.45, 7) is 2.84. The summed E-state index contributed by atoms with van der Waals surface area (Å²) >= 11 is 1.75.